The number of nitrogens with one attached hydrogen (secondary N) is 1. The molecule has 0 aliphatic rings. The van der Waals surface area contributed by atoms with E-state index in [0.717, 1.165) is 30.1 Å². The molecule has 0 heterocycles. The van der Waals surface area contributed by atoms with Gasteiger partial charge in [-0.2, -0.15) is 0 Å². The first-order valence-corrected chi connectivity index (χ1v) is 7.08. The van der Waals surface area contributed by atoms with Crippen LogP contribution in [0.2, 0.25) is 0 Å². The molecule has 1 aromatic carbocycles. The summed E-state index contributed by atoms with van der Waals surface area (Å²) in [5, 5.41) is 3.52. The van der Waals surface area contributed by atoms with Crippen molar-refractivity contribution in [3.8, 4) is 5.75 Å². The lowest BCUT2D eigenvalue weighted by atomic mass is 9.85. The van der Waals surface area contributed by atoms with Gasteiger partial charge in [0.1, 0.15) is 5.75 Å². The molecular formula is C16H28N2O. The fourth-order valence-electron chi connectivity index (χ4n) is 2.48. The topological polar surface area (TPSA) is 47.3 Å². The highest BCUT2D eigenvalue weighted by molar-refractivity contribution is 5.51. The Morgan fingerprint density at radius 3 is 2.26 bits per heavy atom. The number of nitrogen functional groups attached to an aromatic ring is 1. The molecule has 0 fully saturated rings. The van der Waals surface area contributed by atoms with Gasteiger partial charge in [-0.1, -0.05) is 33.8 Å². The maximum absolute atomic E-state index is 6.01. The zero-order valence-electron chi connectivity index (χ0n) is 12.9. The van der Waals surface area contributed by atoms with Crippen molar-refractivity contribution in [1.29, 1.82) is 0 Å². The highest BCUT2D eigenvalue weighted by Crippen LogP contribution is 2.21. The van der Waals surface area contributed by atoms with Crippen molar-refractivity contribution in [3.05, 3.63) is 23.8 Å². The number of rotatable bonds is 7. The van der Waals surface area contributed by atoms with E-state index < -0.39 is 0 Å². The zero-order chi connectivity index (χ0) is 14.4. The molecule has 108 valence electrons. The van der Waals surface area contributed by atoms with E-state index in [-0.39, 0.29) is 0 Å². The van der Waals surface area contributed by atoms with Crippen LogP contribution < -0.4 is 15.8 Å². The van der Waals surface area contributed by atoms with E-state index in [0.29, 0.717) is 17.8 Å². The fourth-order valence-corrected chi connectivity index (χ4v) is 2.48. The molecule has 3 heteroatoms. The van der Waals surface area contributed by atoms with Gasteiger partial charge in [0.25, 0.3) is 0 Å². The number of benzene rings is 1. The van der Waals surface area contributed by atoms with Gasteiger partial charge in [0.05, 0.1) is 7.11 Å². The van der Waals surface area contributed by atoms with Crippen LogP contribution in [0.15, 0.2) is 18.2 Å². The van der Waals surface area contributed by atoms with Gasteiger partial charge in [-0.25, -0.2) is 0 Å². The van der Waals surface area contributed by atoms with Crippen molar-refractivity contribution < 1.29 is 4.74 Å². The minimum absolute atomic E-state index is 0.694. The lowest BCUT2D eigenvalue weighted by molar-refractivity contribution is 0.275. The van der Waals surface area contributed by atoms with E-state index in [9.17, 15) is 0 Å². The average Bonchev–Trinajstić information content (AvgIpc) is 2.35. The van der Waals surface area contributed by atoms with Gasteiger partial charge >= 0.3 is 0 Å². The van der Waals surface area contributed by atoms with Crippen LogP contribution in [0, 0.1) is 17.8 Å². The fraction of sp³-hybridized carbons (Fsp3) is 0.625. The number of nitrogens with two attached hydrogens (primary N) is 1. The van der Waals surface area contributed by atoms with Gasteiger partial charge < -0.3 is 15.8 Å². The molecule has 19 heavy (non-hydrogen) atoms. The third-order valence-electron chi connectivity index (χ3n) is 3.76. The van der Waals surface area contributed by atoms with E-state index in [1.165, 1.54) is 0 Å². The minimum atomic E-state index is 0.694. The molecule has 0 saturated carbocycles. The maximum Gasteiger partial charge on any atom is 0.120 e. The van der Waals surface area contributed by atoms with Crippen molar-refractivity contribution in [2.24, 2.45) is 17.8 Å². The lowest BCUT2D eigenvalue weighted by Gasteiger charge is -2.25. The van der Waals surface area contributed by atoms with E-state index in [4.69, 9.17) is 10.5 Å². The summed E-state index contributed by atoms with van der Waals surface area (Å²) in [4.78, 5) is 0. The first-order valence-electron chi connectivity index (χ1n) is 7.08. The Morgan fingerprint density at radius 2 is 1.79 bits per heavy atom. The Labute approximate surface area is 117 Å². The number of anilines is 1. The highest BCUT2D eigenvalue weighted by atomic mass is 16.5. The second kappa shape index (κ2) is 7.39. The van der Waals surface area contributed by atoms with Crippen molar-refractivity contribution in [2.45, 2.75) is 34.2 Å². The molecular weight excluding hydrogens is 236 g/mol. The zero-order valence-corrected chi connectivity index (χ0v) is 12.9. The Kier molecular flexibility index (Phi) is 6.16. The molecule has 3 N–H and O–H groups in total. The molecule has 1 rings (SSSR count). The third kappa shape index (κ3) is 4.75. The maximum atomic E-state index is 6.01. The highest BCUT2D eigenvalue weighted by Gasteiger charge is 2.16. The SMILES string of the molecule is COc1ccc(CNCC(C(C)C)C(C)C)c(N)c1. The average molecular weight is 264 g/mol. The van der Waals surface area contributed by atoms with Gasteiger partial charge in [-0.05, 0) is 35.9 Å². The summed E-state index contributed by atoms with van der Waals surface area (Å²) >= 11 is 0. The largest absolute Gasteiger partial charge is 0.497 e. The van der Waals surface area contributed by atoms with Crippen LogP contribution in [0.3, 0.4) is 0 Å². The molecule has 3 nitrogen and oxygen atoms in total. The van der Waals surface area contributed by atoms with E-state index >= 15 is 0 Å². The molecule has 0 amide bonds. The monoisotopic (exact) mass is 264 g/mol. The number of hydrogen-bond acceptors (Lipinski definition) is 3. The van der Waals surface area contributed by atoms with Crippen LogP contribution in [0.4, 0.5) is 5.69 Å². The van der Waals surface area contributed by atoms with Gasteiger partial charge in [-0.3, -0.25) is 0 Å². The molecule has 0 atom stereocenters. The standard InChI is InChI=1S/C16H28N2O/c1-11(2)15(12(3)4)10-18-9-13-6-7-14(19-5)8-16(13)17/h6-8,11-12,15,18H,9-10,17H2,1-5H3. The number of ether oxygens (including phenoxy) is 1. The van der Waals surface area contributed by atoms with Crippen LogP contribution in [-0.4, -0.2) is 13.7 Å². The Balaban J connectivity index is 2.53. The molecule has 0 aliphatic carbocycles. The van der Waals surface area contributed by atoms with E-state index in [1.807, 2.05) is 18.2 Å². The molecule has 0 aliphatic heterocycles. The van der Waals surface area contributed by atoms with Gasteiger partial charge in [0.15, 0.2) is 0 Å². The summed E-state index contributed by atoms with van der Waals surface area (Å²) in [5.74, 6) is 2.89. The molecule has 0 unspecified atom stereocenters. The molecule has 0 saturated heterocycles. The Hall–Kier alpha value is -1.22. The predicted molar refractivity (Wildman–Crippen MR) is 82.3 cm³/mol. The van der Waals surface area contributed by atoms with Gasteiger partial charge in [0, 0.05) is 18.3 Å². The van der Waals surface area contributed by atoms with Gasteiger partial charge in [-0.15, -0.1) is 0 Å². The summed E-state index contributed by atoms with van der Waals surface area (Å²) in [6.07, 6.45) is 0. The summed E-state index contributed by atoms with van der Waals surface area (Å²) in [7, 11) is 1.66. The Bertz CT molecular complexity index is 380. The molecule has 1 aromatic rings. The number of hydrogen-bond donors (Lipinski definition) is 2. The van der Waals surface area contributed by atoms with Crippen LogP contribution in [0.1, 0.15) is 33.3 Å². The van der Waals surface area contributed by atoms with Crippen LogP contribution in [0.5, 0.6) is 5.75 Å². The molecule has 0 radical (unpaired) electrons. The van der Waals surface area contributed by atoms with Crippen molar-refractivity contribution in [3.63, 3.8) is 0 Å². The second-order valence-electron chi connectivity index (χ2n) is 5.85. The second-order valence-corrected chi connectivity index (χ2v) is 5.85. The normalized spacial score (nSPS) is 11.6. The third-order valence-corrected chi connectivity index (χ3v) is 3.76. The first-order chi connectivity index (χ1) is 8.95. The van der Waals surface area contributed by atoms with Crippen LogP contribution in [0.25, 0.3) is 0 Å². The minimum Gasteiger partial charge on any atom is -0.497 e. The lowest BCUT2D eigenvalue weighted by Crippen LogP contribution is -2.29. The van der Waals surface area contributed by atoms with E-state index in [1.54, 1.807) is 7.11 Å². The first kappa shape index (κ1) is 15.8. The van der Waals surface area contributed by atoms with Crippen LogP contribution >= 0.6 is 0 Å². The Morgan fingerprint density at radius 1 is 1.16 bits per heavy atom. The summed E-state index contributed by atoms with van der Waals surface area (Å²) in [6, 6.07) is 5.86. The van der Waals surface area contributed by atoms with Crippen molar-refractivity contribution in [1.82, 2.24) is 5.32 Å². The predicted octanol–water partition coefficient (Wildman–Crippen LogP) is 3.30. The van der Waals surface area contributed by atoms with Crippen molar-refractivity contribution >= 4 is 5.69 Å². The smallest absolute Gasteiger partial charge is 0.120 e. The van der Waals surface area contributed by atoms with Crippen molar-refractivity contribution in [2.75, 3.05) is 19.4 Å². The summed E-state index contributed by atoms with van der Waals surface area (Å²) in [5.41, 5.74) is 7.93. The quantitative estimate of drug-likeness (QED) is 0.743. The molecule has 0 bridgehead atoms. The van der Waals surface area contributed by atoms with Crippen LogP contribution in [-0.2, 0) is 6.54 Å². The number of methoxy groups -OCH3 is 1. The van der Waals surface area contributed by atoms with E-state index in [2.05, 4.69) is 33.0 Å². The molecule has 0 aromatic heterocycles. The van der Waals surface area contributed by atoms with Gasteiger partial charge in [0.2, 0.25) is 0 Å². The summed E-state index contributed by atoms with van der Waals surface area (Å²) in [6.45, 7) is 11.0. The summed E-state index contributed by atoms with van der Waals surface area (Å²) < 4.78 is 5.16. The molecule has 0 spiro atoms.